The minimum Gasteiger partial charge on any atom is -0.457 e. The summed E-state index contributed by atoms with van der Waals surface area (Å²) >= 11 is 0. The van der Waals surface area contributed by atoms with Crippen molar-refractivity contribution in [3.63, 3.8) is 0 Å². The Hall–Kier alpha value is -1.91. The molecule has 1 unspecified atom stereocenters. The van der Waals surface area contributed by atoms with Crippen LogP contribution in [0.3, 0.4) is 0 Å². The minimum atomic E-state index is -0.544. The van der Waals surface area contributed by atoms with Gasteiger partial charge in [-0.25, -0.2) is 0 Å². The highest BCUT2D eigenvalue weighted by molar-refractivity contribution is 5.69. The van der Waals surface area contributed by atoms with Crippen LogP contribution in [-0.4, -0.2) is 37.0 Å². The molecule has 0 amide bonds. The van der Waals surface area contributed by atoms with Gasteiger partial charge in [0.15, 0.2) is 0 Å². The molecule has 0 aromatic heterocycles. The predicted molar refractivity (Wildman–Crippen MR) is 251 cm³/mol. The minimum absolute atomic E-state index is 0.178. The summed E-state index contributed by atoms with van der Waals surface area (Å²) in [4.78, 5) is 12.2. The van der Waals surface area contributed by atoms with Crippen molar-refractivity contribution in [3.05, 3.63) is 60.8 Å². The van der Waals surface area contributed by atoms with Gasteiger partial charge in [-0.15, -0.1) is 0 Å². The number of carbonyl (C=O) groups is 1. The normalized spacial score (nSPS) is 12.8. The van der Waals surface area contributed by atoms with Gasteiger partial charge in [0.25, 0.3) is 0 Å². The first-order valence-electron chi connectivity index (χ1n) is 24.9. The van der Waals surface area contributed by atoms with E-state index in [0.29, 0.717) is 13.0 Å². The van der Waals surface area contributed by atoms with Gasteiger partial charge in [0.05, 0.1) is 13.2 Å². The van der Waals surface area contributed by atoms with Gasteiger partial charge >= 0.3 is 5.97 Å². The lowest BCUT2D eigenvalue weighted by Gasteiger charge is -2.16. The van der Waals surface area contributed by atoms with Crippen molar-refractivity contribution in [2.75, 3.05) is 19.8 Å². The van der Waals surface area contributed by atoms with E-state index in [1.165, 1.54) is 173 Å². The molecule has 0 rings (SSSR count). The van der Waals surface area contributed by atoms with Crippen LogP contribution in [0.15, 0.2) is 60.8 Å². The lowest BCUT2D eigenvalue weighted by atomic mass is 10.0. The molecule has 0 aromatic carbocycles. The van der Waals surface area contributed by atoms with E-state index in [2.05, 4.69) is 74.6 Å². The number of ether oxygens (including phenoxy) is 2. The summed E-state index contributed by atoms with van der Waals surface area (Å²) in [5.41, 5.74) is 0. The summed E-state index contributed by atoms with van der Waals surface area (Å²) in [6, 6.07) is 0. The number of aliphatic hydroxyl groups is 1. The number of aliphatic hydroxyl groups excluding tert-OH is 1. The van der Waals surface area contributed by atoms with Crippen LogP contribution < -0.4 is 0 Å². The molecule has 0 heterocycles. The van der Waals surface area contributed by atoms with Crippen molar-refractivity contribution in [2.24, 2.45) is 0 Å². The first-order valence-corrected chi connectivity index (χ1v) is 24.9. The number of esters is 1. The third kappa shape index (κ3) is 48.4. The molecule has 0 spiro atoms. The third-order valence-electron chi connectivity index (χ3n) is 10.8. The van der Waals surface area contributed by atoms with Gasteiger partial charge in [0.2, 0.25) is 0 Å². The second-order valence-electron chi connectivity index (χ2n) is 16.5. The van der Waals surface area contributed by atoms with Gasteiger partial charge in [-0.1, -0.05) is 216 Å². The molecule has 0 aliphatic heterocycles. The van der Waals surface area contributed by atoms with Crippen LogP contribution in [0.5, 0.6) is 0 Å². The highest BCUT2D eigenvalue weighted by Crippen LogP contribution is 2.15. The van der Waals surface area contributed by atoms with Crippen LogP contribution >= 0.6 is 0 Å². The molecule has 332 valence electrons. The molecule has 0 fully saturated rings. The number of allylic oxidation sites excluding steroid dienone is 10. The quantitative estimate of drug-likeness (QED) is 0.0379. The molecular formula is C53H96O4. The van der Waals surface area contributed by atoms with Gasteiger partial charge in [-0.05, 0) is 83.5 Å². The Balaban J connectivity index is 3.42. The predicted octanol–water partition coefficient (Wildman–Crippen LogP) is 16.8. The summed E-state index contributed by atoms with van der Waals surface area (Å²) in [5, 5.41) is 9.64. The van der Waals surface area contributed by atoms with E-state index < -0.39 is 6.10 Å². The molecule has 0 bridgehead atoms. The SMILES string of the molecule is CCCCC/C=C\C/C=C\C/C=C\CCCCCCCCC(=O)OC(CO)COCCCCCCCCCCCCCCCC/C=C\C/C=C\CCCCCCC. The fourth-order valence-corrected chi connectivity index (χ4v) is 7.07. The number of hydrogen-bond acceptors (Lipinski definition) is 4. The summed E-state index contributed by atoms with van der Waals surface area (Å²) in [6.45, 7) is 5.31. The zero-order valence-corrected chi connectivity index (χ0v) is 38.1. The van der Waals surface area contributed by atoms with Crippen LogP contribution in [0.4, 0.5) is 0 Å². The van der Waals surface area contributed by atoms with Crippen molar-refractivity contribution in [1.82, 2.24) is 0 Å². The molecule has 1 atom stereocenters. The summed E-state index contributed by atoms with van der Waals surface area (Å²) in [6.07, 6.45) is 67.3. The van der Waals surface area contributed by atoms with Gasteiger partial charge in [0, 0.05) is 13.0 Å². The highest BCUT2D eigenvalue weighted by Gasteiger charge is 2.13. The van der Waals surface area contributed by atoms with E-state index in [1.807, 2.05) is 0 Å². The number of carbonyl (C=O) groups excluding carboxylic acids is 1. The van der Waals surface area contributed by atoms with Crippen LogP contribution in [-0.2, 0) is 14.3 Å². The zero-order valence-electron chi connectivity index (χ0n) is 38.1. The standard InChI is InChI=1S/C53H96O4/c1-3-5-7-9-11-13-15-17-19-21-23-24-25-26-27-28-29-31-33-35-37-39-41-43-45-47-49-56-51-52(50-54)57-53(55)48-46-44-42-40-38-36-34-32-30-22-20-18-16-14-12-10-8-6-4-2/h12,14-15,17-18,20-21,23,30,32,52,54H,3-11,13,16,19,22,24-29,31,33-51H2,1-2H3/b14-12-,17-15-,20-18-,23-21-,32-30-. The van der Waals surface area contributed by atoms with E-state index in [4.69, 9.17) is 9.47 Å². The monoisotopic (exact) mass is 797 g/mol. The fourth-order valence-electron chi connectivity index (χ4n) is 7.07. The van der Waals surface area contributed by atoms with E-state index in [1.54, 1.807) is 0 Å². The zero-order chi connectivity index (χ0) is 41.2. The molecule has 4 heteroatoms. The maximum absolute atomic E-state index is 12.2. The lowest BCUT2D eigenvalue weighted by molar-refractivity contribution is -0.154. The molecule has 4 nitrogen and oxygen atoms in total. The van der Waals surface area contributed by atoms with Crippen LogP contribution in [0.2, 0.25) is 0 Å². The Kier molecular flexibility index (Phi) is 48.6. The van der Waals surface area contributed by atoms with Crippen molar-refractivity contribution in [1.29, 1.82) is 0 Å². The highest BCUT2D eigenvalue weighted by atomic mass is 16.6. The van der Waals surface area contributed by atoms with Crippen molar-refractivity contribution < 1.29 is 19.4 Å². The van der Waals surface area contributed by atoms with Crippen LogP contribution in [0.1, 0.15) is 245 Å². The van der Waals surface area contributed by atoms with E-state index in [0.717, 1.165) is 51.4 Å². The second-order valence-corrected chi connectivity index (χ2v) is 16.5. The maximum Gasteiger partial charge on any atom is 0.306 e. The Labute approximate surface area is 355 Å². The number of unbranched alkanes of at least 4 members (excludes halogenated alkanes) is 28. The van der Waals surface area contributed by atoms with E-state index in [-0.39, 0.29) is 19.2 Å². The second kappa shape index (κ2) is 50.2. The lowest BCUT2D eigenvalue weighted by Crippen LogP contribution is -2.27. The molecule has 0 saturated heterocycles. The van der Waals surface area contributed by atoms with Gasteiger partial charge in [-0.2, -0.15) is 0 Å². The van der Waals surface area contributed by atoms with Gasteiger partial charge in [0.1, 0.15) is 6.10 Å². The van der Waals surface area contributed by atoms with Gasteiger partial charge < -0.3 is 14.6 Å². The van der Waals surface area contributed by atoms with Crippen LogP contribution in [0, 0.1) is 0 Å². The third-order valence-corrected chi connectivity index (χ3v) is 10.8. The number of rotatable bonds is 46. The molecule has 0 aromatic rings. The Bertz CT molecular complexity index is 931. The molecule has 0 aliphatic rings. The summed E-state index contributed by atoms with van der Waals surface area (Å²) in [5.74, 6) is -0.212. The first-order chi connectivity index (χ1) is 28.2. The first kappa shape index (κ1) is 55.1. The molecule has 0 saturated carbocycles. The van der Waals surface area contributed by atoms with Crippen molar-refractivity contribution in [3.8, 4) is 0 Å². The van der Waals surface area contributed by atoms with E-state index >= 15 is 0 Å². The summed E-state index contributed by atoms with van der Waals surface area (Å²) < 4.78 is 11.2. The Morgan fingerprint density at radius 1 is 0.421 bits per heavy atom. The van der Waals surface area contributed by atoms with Crippen molar-refractivity contribution in [2.45, 2.75) is 251 Å². The molecule has 0 aliphatic carbocycles. The number of hydrogen-bond donors (Lipinski definition) is 1. The average Bonchev–Trinajstić information content (AvgIpc) is 3.22. The summed E-state index contributed by atoms with van der Waals surface area (Å²) in [7, 11) is 0. The van der Waals surface area contributed by atoms with Crippen molar-refractivity contribution >= 4 is 5.97 Å². The molecule has 1 N–H and O–H groups in total. The smallest absolute Gasteiger partial charge is 0.306 e. The topological polar surface area (TPSA) is 55.8 Å². The van der Waals surface area contributed by atoms with Gasteiger partial charge in [-0.3, -0.25) is 4.79 Å². The molecule has 0 radical (unpaired) electrons. The molecule has 57 heavy (non-hydrogen) atoms. The Morgan fingerprint density at radius 3 is 1.14 bits per heavy atom. The largest absolute Gasteiger partial charge is 0.457 e. The average molecular weight is 797 g/mol. The maximum atomic E-state index is 12.2. The van der Waals surface area contributed by atoms with Crippen LogP contribution in [0.25, 0.3) is 0 Å². The van der Waals surface area contributed by atoms with E-state index in [9.17, 15) is 9.90 Å². The fraction of sp³-hybridized carbons (Fsp3) is 0.792. The molecular weight excluding hydrogens is 701 g/mol. The Morgan fingerprint density at radius 2 is 0.737 bits per heavy atom.